The lowest BCUT2D eigenvalue weighted by atomic mass is 10.1. The van der Waals surface area contributed by atoms with Gasteiger partial charge >= 0.3 is 0 Å². The normalized spacial score (nSPS) is 18.6. The SMILES string of the molecule is CN(C(=O)CC1CSCCN1)c1ccccc1C#N. The van der Waals surface area contributed by atoms with Crippen molar-refractivity contribution >= 4 is 23.4 Å². The fourth-order valence-electron chi connectivity index (χ4n) is 2.09. The second-order valence-corrected chi connectivity index (χ2v) is 5.66. The van der Waals surface area contributed by atoms with Gasteiger partial charge in [0.2, 0.25) is 5.91 Å². The summed E-state index contributed by atoms with van der Waals surface area (Å²) in [5.41, 5.74) is 1.21. The molecule has 19 heavy (non-hydrogen) atoms. The summed E-state index contributed by atoms with van der Waals surface area (Å²) >= 11 is 1.87. The number of nitrogens with one attached hydrogen (secondary N) is 1. The number of amides is 1. The molecule has 2 rings (SSSR count). The highest BCUT2D eigenvalue weighted by atomic mass is 32.2. The van der Waals surface area contributed by atoms with E-state index in [9.17, 15) is 4.79 Å². The molecule has 0 aliphatic carbocycles. The highest BCUT2D eigenvalue weighted by molar-refractivity contribution is 7.99. The minimum Gasteiger partial charge on any atom is -0.314 e. The summed E-state index contributed by atoms with van der Waals surface area (Å²) in [6.07, 6.45) is 0.475. The Bertz CT molecular complexity index is 492. The second kappa shape index (κ2) is 6.60. The van der Waals surface area contributed by atoms with Crippen LogP contribution in [0.2, 0.25) is 0 Å². The first-order valence-electron chi connectivity index (χ1n) is 6.29. The zero-order valence-electron chi connectivity index (χ0n) is 10.9. The van der Waals surface area contributed by atoms with Crippen molar-refractivity contribution in [3.05, 3.63) is 29.8 Å². The Hall–Kier alpha value is -1.51. The van der Waals surface area contributed by atoms with Gasteiger partial charge in [-0.25, -0.2) is 0 Å². The van der Waals surface area contributed by atoms with Crippen LogP contribution in [-0.4, -0.2) is 37.0 Å². The Morgan fingerprint density at radius 3 is 3.05 bits per heavy atom. The van der Waals surface area contributed by atoms with Gasteiger partial charge in [0.1, 0.15) is 6.07 Å². The first-order valence-corrected chi connectivity index (χ1v) is 7.44. The van der Waals surface area contributed by atoms with Gasteiger partial charge in [0, 0.05) is 37.6 Å². The van der Waals surface area contributed by atoms with Crippen LogP contribution >= 0.6 is 11.8 Å². The molecule has 0 saturated carbocycles. The molecule has 0 aromatic heterocycles. The molecular formula is C14H17N3OS. The first-order chi connectivity index (χ1) is 9.22. The molecule has 4 nitrogen and oxygen atoms in total. The molecule has 1 aromatic carbocycles. The number of benzene rings is 1. The van der Waals surface area contributed by atoms with Gasteiger partial charge in [-0.2, -0.15) is 17.0 Å². The van der Waals surface area contributed by atoms with Crippen molar-refractivity contribution in [2.45, 2.75) is 12.5 Å². The minimum atomic E-state index is 0.0442. The third-order valence-corrected chi connectivity index (χ3v) is 4.31. The number of carbonyl (C=O) groups is 1. The van der Waals surface area contributed by atoms with Crippen LogP contribution in [0.1, 0.15) is 12.0 Å². The van der Waals surface area contributed by atoms with E-state index >= 15 is 0 Å². The molecule has 0 radical (unpaired) electrons. The van der Waals surface area contributed by atoms with E-state index in [1.807, 2.05) is 17.8 Å². The Kier molecular flexibility index (Phi) is 4.83. The Morgan fingerprint density at radius 2 is 2.37 bits per heavy atom. The topological polar surface area (TPSA) is 56.1 Å². The number of carbonyl (C=O) groups excluding carboxylic acids is 1. The van der Waals surface area contributed by atoms with Crippen LogP contribution in [-0.2, 0) is 4.79 Å². The van der Waals surface area contributed by atoms with Crippen LogP contribution in [0.4, 0.5) is 5.69 Å². The number of nitrogens with zero attached hydrogens (tertiary/aromatic N) is 2. The predicted octanol–water partition coefficient (Wildman–Crippen LogP) is 1.62. The number of hydrogen-bond acceptors (Lipinski definition) is 4. The van der Waals surface area contributed by atoms with E-state index in [1.165, 1.54) is 0 Å². The smallest absolute Gasteiger partial charge is 0.228 e. The van der Waals surface area contributed by atoms with Gasteiger partial charge in [0.15, 0.2) is 0 Å². The third-order valence-electron chi connectivity index (χ3n) is 3.18. The standard InChI is InChI=1S/C14H17N3OS/c1-17(13-5-3-2-4-11(13)9-15)14(18)8-12-10-19-7-6-16-12/h2-5,12,16H,6-8,10H2,1H3. The highest BCUT2D eigenvalue weighted by Crippen LogP contribution is 2.20. The Morgan fingerprint density at radius 1 is 1.58 bits per heavy atom. The molecule has 1 unspecified atom stereocenters. The van der Waals surface area contributed by atoms with E-state index in [1.54, 1.807) is 30.1 Å². The molecule has 1 aliphatic heterocycles. The van der Waals surface area contributed by atoms with Gasteiger partial charge in [-0.1, -0.05) is 12.1 Å². The van der Waals surface area contributed by atoms with Crippen LogP contribution in [0.3, 0.4) is 0 Å². The molecule has 1 aromatic rings. The van der Waals surface area contributed by atoms with E-state index in [0.717, 1.165) is 18.1 Å². The molecule has 0 bridgehead atoms. The molecule has 1 atom stereocenters. The molecule has 100 valence electrons. The number of thioether (sulfide) groups is 1. The van der Waals surface area contributed by atoms with Crippen LogP contribution < -0.4 is 10.2 Å². The van der Waals surface area contributed by atoms with Gasteiger partial charge in [-0.15, -0.1) is 0 Å². The average Bonchev–Trinajstić information content (AvgIpc) is 2.47. The van der Waals surface area contributed by atoms with Crippen molar-refractivity contribution < 1.29 is 4.79 Å². The van der Waals surface area contributed by atoms with E-state index < -0.39 is 0 Å². The fourth-order valence-corrected chi connectivity index (χ4v) is 3.04. The maximum Gasteiger partial charge on any atom is 0.228 e. The summed E-state index contributed by atoms with van der Waals surface area (Å²) in [7, 11) is 1.73. The number of rotatable bonds is 3. The molecule has 1 aliphatic rings. The zero-order valence-corrected chi connectivity index (χ0v) is 11.7. The van der Waals surface area contributed by atoms with E-state index in [4.69, 9.17) is 5.26 Å². The second-order valence-electron chi connectivity index (χ2n) is 4.51. The Labute approximate surface area is 117 Å². The van der Waals surface area contributed by atoms with Crippen LogP contribution in [0.15, 0.2) is 24.3 Å². The molecule has 1 heterocycles. The molecule has 1 fully saturated rings. The number of hydrogen-bond donors (Lipinski definition) is 1. The number of anilines is 1. The largest absolute Gasteiger partial charge is 0.314 e. The predicted molar refractivity (Wildman–Crippen MR) is 78.3 cm³/mol. The molecule has 1 N–H and O–H groups in total. The van der Waals surface area contributed by atoms with Crippen molar-refractivity contribution in [2.24, 2.45) is 0 Å². The number of nitriles is 1. The van der Waals surface area contributed by atoms with E-state index in [-0.39, 0.29) is 11.9 Å². The van der Waals surface area contributed by atoms with Gasteiger partial charge in [-0.3, -0.25) is 4.79 Å². The lowest BCUT2D eigenvalue weighted by molar-refractivity contribution is -0.118. The monoisotopic (exact) mass is 275 g/mol. The highest BCUT2D eigenvalue weighted by Gasteiger charge is 2.20. The van der Waals surface area contributed by atoms with Gasteiger partial charge < -0.3 is 10.2 Å². The van der Waals surface area contributed by atoms with Crippen LogP contribution in [0, 0.1) is 11.3 Å². The minimum absolute atomic E-state index is 0.0442. The van der Waals surface area contributed by atoms with Crippen molar-refractivity contribution in [2.75, 3.05) is 30.0 Å². The van der Waals surface area contributed by atoms with Crippen LogP contribution in [0.25, 0.3) is 0 Å². The van der Waals surface area contributed by atoms with E-state index in [0.29, 0.717) is 17.7 Å². The van der Waals surface area contributed by atoms with Gasteiger partial charge in [0.05, 0.1) is 11.3 Å². The summed E-state index contributed by atoms with van der Waals surface area (Å²) in [4.78, 5) is 13.8. The van der Waals surface area contributed by atoms with Crippen molar-refractivity contribution in [3.8, 4) is 6.07 Å². The fraction of sp³-hybridized carbons (Fsp3) is 0.429. The van der Waals surface area contributed by atoms with Crippen molar-refractivity contribution in [1.29, 1.82) is 5.26 Å². The molecule has 1 saturated heterocycles. The zero-order chi connectivity index (χ0) is 13.7. The van der Waals surface area contributed by atoms with Gasteiger partial charge in [0.25, 0.3) is 0 Å². The molecule has 1 amide bonds. The summed E-state index contributed by atoms with van der Waals surface area (Å²) in [5.74, 6) is 2.12. The van der Waals surface area contributed by atoms with Crippen molar-refractivity contribution in [1.82, 2.24) is 5.32 Å². The average molecular weight is 275 g/mol. The maximum atomic E-state index is 12.2. The molecular weight excluding hydrogens is 258 g/mol. The number of para-hydroxylation sites is 1. The Balaban J connectivity index is 2.04. The molecule has 0 spiro atoms. The summed E-state index contributed by atoms with van der Waals surface area (Å²) in [5, 5.41) is 12.4. The summed E-state index contributed by atoms with van der Waals surface area (Å²) in [6.45, 7) is 0.959. The van der Waals surface area contributed by atoms with E-state index in [2.05, 4.69) is 11.4 Å². The molecule has 5 heteroatoms. The summed E-state index contributed by atoms with van der Waals surface area (Å²) in [6, 6.07) is 9.54. The summed E-state index contributed by atoms with van der Waals surface area (Å²) < 4.78 is 0. The van der Waals surface area contributed by atoms with Gasteiger partial charge in [-0.05, 0) is 12.1 Å². The first kappa shape index (κ1) is 13.9. The van der Waals surface area contributed by atoms with Crippen molar-refractivity contribution in [3.63, 3.8) is 0 Å². The van der Waals surface area contributed by atoms with Crippen LogP contribution in [0.5, 0.6) is 0 Å². The lowest BCUT2D eigenvalue weighted by Crippen LogP contribution is -2.41. The quantitative estimate of drug-likeness (QED) is 0.910. The lowest BCUT2D eigenvalue weighted by Gasteiger charge is -2.25. The third kappa shape index (κ3) is 3.49. The maximum absolute atomic E-state index is 12.2.